The summed E-state index contributed by atoms with van der Waals surface area (Å²) < 4.78 is 3.20. The number of tetrazole rings is 1. The molecular formula is C25H21ClN8O3. The van der Waals surface area contributed by atoms with Crippen molar-refractivity contribution < 1.29 is 9.90 Å². The maximum atomic E-state index is 13.3. The van der Waals surface area contributed by atoms with Crippen molar-refractivity contribution in [3.8, 4) is 28.1 Å². The summed E-state index contributed by atoms with van der Waals surface area (Å²) in [6.45, 7) is 2.24. The Morgan fingerprint density at radius 1 is 1.11 bits per heavy atom. The van der Waals surface area contributed by atoms with Crippen molar-refractivity contribution in [2.75, 3.05) is 5.32 Å². The van der Waals surface area contributed by atoms with Gasteiger partial charge < -0.3 is 14.7 Å². The molecule has 186 valence electrons. The Morgan fingerprint density at radius 3 is 2.62 bits per heavy atom. The van der Waals surface area contributed by atoms with E-state index in [-0.39, 0.29) is 12.1 Å². The average molecular weight is 517 g/mol. The first-order valence-electron chi connectivity index (χ1n) is 11.3. The van der Waals surface area contributed by atoms with Gasteiger partial charge in [0.2, 0.25) is 0 Å². The molecule has 0 aliphatic rings. The zero-order valence-corrected chi connectivity index (χ0v) is 20.3. The van der Waals surface area contributed by atoms with Gasteiger partial charge in [-0.2, -0.15) is 4.68 Å². The van der Waals surface area contributed by atoms with E-state index in [9.17, 15) is 9.59 Å². The quantitative estimate of drug-likeness (QED) is 0.293. The van der Waals surface area contributed by atoms with E-state index in [4.69, 9.17) is 16.7 Å². The Kier molecular flexibility index (Phi) is 6.52. The molecule has 3 aromatic heterocycles. The molecule has 0 unspecified atom stereocenters. The Bertz CT molecular complexity index is 1620. The van der Waals surface area contributed by atoms with Gasteiger partial charge in [0.05, 0.1) is 24.1 Å². The first kappa shape index (κ1) is 23.9. The fourth-order valence-electron chi connectivity index (χ4n) is 4.09. The van der Waals surface area contributed by atoms with Crippen LogP contribution in [0.25, 0.3) is 28.1 Å². The molecule has 0 saturated heterocycles. The van der Waals surface area contributed by atoms with Gasteiger partial charge in [-0.05, 0) is 64.4 Å². The highest BCUT2D eigenvalue weighted by Crippen LogP contribution is 2.29. The summed E-state index contributed by atoms with van der Waals surface area (Å²) in [6, 6.07) is 15.8. The molecule has 0 aliphatic carbocycles. The van der Waals surface area contributed by atoms with Crippen LogP contribution < -0.4 is 10.9 Å². The van der Waals surface area contributed by atoms with Crippen molar-refractivity contribution in [1.82, 2.24) is 34.7 Å². The number of benzene rings is 2. The number of hydrogen-bond acceptors (Lipinski definition) is 6. The van der Waals surface area contributed by atoms with Crippen LogP contribution >= 0.6 is 11.6 Å². The zero-order valence-electron chi connectivity index (χ0n) is 19.6. The molecule has 3 N–H and O–H groups in total. The number of amides is 1. The molecule has 37 heavy (non-hydrogen) atoms. The van der Waals surface area contributed by atoms with Gasteiger partial charge >= 0.3 is 6.09 Å². The summed E-state index contributed by atoms with van der Waals surface area (Å²) in [5.41, 5.74) is 4.85. The zero-order chi connectivity index (χ0) is 25.9. The van der Waals surface area contributed by atoms with Crippen LogP contribution in [0.3, 0.4) is 0 Å². The number of carboxylic acid groups (broad SMARTS) is 1. The van der Waals surface area contributed by atoms with Gasteiger partial charge in [-0.3, -0.25) is 10.1 Å². The van der Waals surface area contributed by atoms with Gasteiger partial charge in [-0.15, -0.1) is 5.10 Å². The van der Waals surface area contributed by atoms with Crippen LogP contribution in [0.15, 0.2) is 71.9 Å². The fourth-order valence-corrected chi connectivity index (χ4v) is 4.26. The second kappa shape index (κ2) is 10.1. The third-order valence-electron chi connectivity index (χ3n) is 5.82. The number of nitrogens with one attached hydrogen (secondary N) is 2. The predicted molar refractivity (Wildman–Crippen MR) is 138 cm³/mol. The molecular weight excluding hydrogens is 496 g/mol. The maximum Gasteiger partial charge on any atom is 0.409 e. The summed E-state index contributed by atoms with van der Waals surface area (Å²) in [4.78, 5) is 31.8. The van der Waals surface area contributed by atoms with Crippen molar-refractivity contribution in [2.24, 2.45) is 0 Å². The Balaban J connectivity index is 1.45. The summed E-state index contributed by atoms with van der Waals surface area (Å²) in [6.07, 6.45) is 2.67. The smallest absolute Gasteiger partial charge is 0.409 e. The molecule has 5 rings (SSSR count). The lowest BCUT2D eigenvalue weighted by Gasteiger charge is -2.15. The number of rotatable bonds is 7. The Morgan fingerprint density at radius 2 is 1.92 bits per heavy atom. The van der Waals surface area contributed by atoms with Gasteiger partial charge in [0.1, 0.15) is 12.2 Å². The number of hydrogen-bond donors (Lipinski definition) is 3. The molecule has 1 amide bonds. The summed E-state index contributed by atoms with van der Waals surface area (Å²) in [5, 5.41) is 23.1. The van der Waals surface area contributed by atoms with Crippen LogP contribution in [0.2, 0.25) is 5.02 Å². The molecule has 0 saturated carbocycles. The van der Waals surface area contributed by atoms with Crippen LogP contribution in [0, 0.1) is 0 Å². The minimum absolute atomic E-state index is 0.181. The lowest BCUT2D eigenvalue weighted by Crippen LogP contribution is -2.24. The fraction of sp³-hybridized carbons (Fsp3) is 0.120. The van der Waals surface area contributed by atoms with Crippen LogP contribution in [-0.4, -0.2) is 45.9 Å². The number of nitrogens with zero attached hydrogens (tertiary/aromatic N) is 6. The van der Waals surface area contributed by atoms with Gasteiger partial charge in [-0.25, -0.2) is 9.78 Å². The third kappa shape index (κ3) is 5.11. The van der Waals surface area contributed by atoms with E-state index < -0.39 is 6.09 Å². The van der Waals surface area contributed by atoms with E-state index in [2.05, 4.69) is 30.8 Å². The highest BCUT2D eigenvalue weighted by atomic mass is 35.5. The second-order valence-corrected chi connectivity index (χ2v) is 8.62. The van der Waals surface area contributed by atoms with E-state index in [0.717, 1.165) is 22.5 Å². The molecule has 3 heterocycles. The normalized spacial score (nSPS) is 11.0. The topological polar surface area (TPSA) is 144 Å². The predicted octanol–water partition coefficient (Wildman–Crippen LogP) is 4.24. The Hall–Kier alpha value is -4.77. The molecule has 0 aliphatic heterocycles. The lowest BCUT2D eigenvalue weighted by molar-refractivity contribution is 0.209. The van der Waals surface area contributed by atoms with E-state index in [1.807, 2.05) is 13.0 Å². The highest BCUT2D eigenvalue weighted by Gasteiger charge is 2.15. The van der Waals surface area contributed by atoms with E-state index in [1.165, 1.54) is 11.0 Å². The minimum Gasteiger partial charge on any atom is -0.465 e. The molecule has 0 bridgehead atoms. The minimum atomic E-state index is -1.12. The van der Waals surface area contributed by atoms with Crippen molar-refractivity contribution in [3.05, 3.63) is 94.0 Å². The SMILES string of the molecule is CCc1cc(-c2cc(Cl)ccc2-n2cnnn2)cc(=O)n1Cc1ncc(-c2ccc(NC(=O)O)cc2)[nH]1. The number of imidazole rings is 1. The van der Waals surface area contributed by atoms with Gasteiger partial charge in [0, 0.05) is 28.0 Å². The molecule has 0 radical (unpaired) electrons. The highest BCUT2D eigenvalue weighted by molar-refractivity contribution is 6.31. The van der Waals surface area contributed by atoms with Crippen molar-refractivity contribution >= 4 is 23.4 Å². The molecule has 0 spiro atoms. The van der Waals surface area contributed by atoms with Crippen LogP contribution in [0.5, 0.6) is 0 Å². The lowest BCUT2D eigenvalue weighted by atomic mass is 10.0. The second-order valence-electron chi connectivity index (χ2n) is 8.18. The van der Waals surface area contributed by atoms with Crippen molar-refractivity contribution in [3.63, 3.8) is 0 Å². The number of H-pyrrole nitrogens is 1. The summed E-state index contributed by atoms with van der Waals surface area (Å²) in [5.74, 6) is 0.615. The Labute approximate surface area is 215 Å². The van der Waals surface area contributed by atoms with Crippen molar-refractivity contribution in [1.29, 1.82) is 0 Å². The summed E-state index contributed by atoms with van der Waals surface area (Å²) in [7, 11) is 0. The largest absolute Gasteiger partial charge is 0.465 e. The van der Waals surface area contributed by atoms with Gasteiger partial charge in [0.25, 0.3) is 5.56 Å². The third-order valence-corrected chi connectivity index (χ3v) is 6.06. The average Bonchev–Trinajstić information content (AvgIpc) is 3.58. The van der Waals surface area contributed by atoms with E-state index >= 15 is 0 Å². The molecule has 0 fully saturated rings. The van der Waals surface area contributed by atoms with E-state index in [0.29, 0.717) is 34.2 Å². The van der Waals surface area contributed by atoms with E-state index in [1.54, 1.807) is 59.3 Å². The van der Waals surface area contributed by atoms with Crippen LogP contribution in [0.4, 0.5) is 10.5 Å². The number of anilines is 1. The molecule has 5 aromatic rings. The summed E-state index contributed by atoms with van der Waals surface area (Å²) >= 11 is 6.28. The number of aromatic nitrogens is 7. The molecule has 0 atom stereocenters. The first-order chi connectivity index (χ1) is 17.9. The maximum absolute atomic E-state index is 13.3. The van der Waals surface area contributed by atoms with Crippen LogP contribution in [-0.2, 0) is 13.0 Å². The number of halogens is 1. The number of pyridine rings is 1. The number of carbonyl (C=O) groups is 1. The molecule has 11 nitrogen and oxygen atoms in total. The molecule has 12 heteroatoms. The first-order valence-corrected chi connectivity index (χ1v) is 11.7. The van der Waals surface area contributed by atoms with Gasteiger partial charge in [0.15, 0.2) is 0 Å². The number of aromatic amines is 1. The molecule has 2 aromatic carbocycles. The van der Waals surface area contributed by atoms with Crippen LogP contribution in [0.1, 0.15) is 18.4 Å². The number of aryl methyl sites for hydroxylation is 1. The van der Waals surface area contributed by atoms with Gasteiger partial charge in [-0.1, -0.05) is 30.7 Å². The standard InChI is InChI=1S/C25H21ClN8O3/c1-2-19-9-16(20-11-17(26)5-8-22(20)34-14-28-31-32-34)10-24(35)33(19)13-23-27-12-21(30-23)15-3-6-18(7-4-15)29-25(36)37/h3-12,14,29H,2,13H2,1H3,(H,27,30)(H,36,37). The van der Waals surface area contributed by atoms with Crippen molar-refractivity contribution in [2.45, 2.75) is 19.9 Å². The monoisotopic (exact) mass is 516 g/mol.